The highest BCUT2D eigenvalue weighted by Crippen LogP contribution is 2.17. The molecule has 0 aliphatic heterocycles. The summed E-state index contributed by atoms with van der Waals surface area (Å²) in [5.41, 5.74) is 10.7. The van der Waals surface area contributed by atoms with Gasteiger partial charge in [0.05, 0.1) is 4.90 Å². The summed E-state index contributed by atoms with van der Waals surface area (Å²) in [6, 6.07) is 4.99. The SMILES string of the molecule is N=C(NCCNS(=O)(=O)c1ccc(O)cc1)NC(=O)c1nc(Cl)c(N)nc1N. The van der Waals surface area contributed by atoms with Gasteiger partial charge >= 0.3 is 0 Å². The molecule has 1 aromatic carbocycles. The number of phenolic OH excluding ortho intramolecular Hbond substituents is 1. The third-order valence-corrected chi connectivity index (χ3v) is 4.98. The van der Waals surface area contributed by atoms with Crippen LogP contribution in [0.2, 0.25) is 5.15 Å². The summed E-state index contributed by atoms with van der Waals surface area (Å²) in [5.74, 6) is -1.70. The van der Waals surface area contributed by atoms with Gasteiger partial charge in [-0.05, 0) is 24.3 Å². The predicted octanol–water partition coefficient (Wildman–Crippen LogP) is -0.767. The molecule has 0 aliphatic carbocycles. The van der Waals surface area contributed by atoms with Gasteiger partial charge in [0.1, 0.15) is 5.75 Å². The second-order valence-corrected chi connectivity index (χ2v) is 7.41. The van der Waals surface area contributed by atoms with Crippen molar-refractivity contribution >= 4 is 45.1 Å². The number of aromatic nitrogens is 2. The molecule has 14 heteroatoms. The molecule has 0 atom stereocenters. The average molecular weight is 429 g/mol. The van der Waals surface area contributed by atoms with Crippen molar-refractivity contribution in [2.24, 2.45) is 0 Å². The Labute approximate surface area is 164 Å². The van der Waals surface area contributed by atoms with E-state index in [-0.39, 0.29) is 46.2 Å². The fraction of sp³-hybridized carbons (Fsp3) is 0.143. The number of amides is 1. The normalized spacial score (nSPS) is 11.0. The summed E-state index contributed by atoms with van der Waals surface area (Å²) in [6.07, 6.45) is 0. The monoisotopic (exact) mass is 428 g/mol. The molecule has 0 aliphatic rings. The lowest BCUT2D eigenvalue weighted by molar-refractivity contribution is 0.0971. The second kappa shape index (κ2) is 8.69. The Morgan fingerprint density at radius 3 is 2.43 bits per heavy atom. The number of anilines is 2. The summed E-state index contributed by atoms with van der Waals surface area (Å²) >= 11 is 5.69. The van der Waals surface area contributed by atoms with E-state index in [1.165, 1.54) is 24.3 Å². The Kier molecular flexibility index (Phi) is 6.56. The summed E-state index contributed by atoms with van der Waals surface area (Å²) in [5, 5.41) is 21.3. The summed E-state index contributed by atoms with van der Waals surface area (Å²) in [6.45, 7) is -0.0722. The van der Waals surface area contributed by atoms with Crippen molar-refractivity contribution < 1.29 is 18.3 Å². The lowest BCUT2D eigenvalue weighted by Crippen LogP contribution is -2.43. The van der Waals surface area contributed by atoms with Crippen LogP contribution < -0.4 is 26.8 Å². The molecule has 12 nitrogen and oxygen atoms in total. The average Bonchev–Trinajstić information content (AvgIpc) is 2.62. The van der Waals surface area contributed by atoms with Gasteiger partial charge in [0, 0.05) is 13.1 Å². The standard InChI is InChI=1S/C14H17ClN8O4S/c15-10-12(17)22-11(16)9(21-10)13(25)23-14(18)19-5-6-20-28(26,27)8-3-1-7(24)2-4-8/h1-4,20,24H,5-6H2,(H4,16,17,22)(H3,18,19,23,25). The smallest absolute Gasteiger partial charge is 0.280 e. The van der Waals surface area contributed by atoms with Gasteiger partial charge in [-0.25, -0.2) is 23.1 Å². The lowest BCUT2D eigenvalue weighted by Gasteiger charge is -2.11. The quantitative estimate of drug-likeness (QED) is 0.175. The maximum Gasteiger partial charge on any atom is 0.280 e. The first kappa shape index (κ1) is 21.1. The molecule has 0 bridgehead atoms. The number of guanidine groups is 1. The van der Waals surface area contributed by atoms with Crippen molar-refractivity contribution in [3.8, 4) is 5.75 Å². The second-order valence-electron chi connectivity index (χ2n) is 5.28. The molecule has 1 aromatic heterocycles. The van der Waals surface area contributed by atoms with Crippen LogP contribution in [-0.4, -0.2) is 48.4 Å². The van der Waals surface area contributed by atoms with E-state index in [0.717, 1.165) is 0 Å². The number of sulfonamides is 1. The highest BCUT2D eigenvalue weighted by atomic mass is 35.5. The molecule has 0 radical (unpaired) electrons. The minimum absolute atomic E-state index is 0.0000810. The number of halogens is 1. The Hall–Kier alpha value is -3.16. The lowest BCUT2D eigenvalue weighted by atomic mass is 10.3. The first-order valence-corrected chi connectivity index (χ1v) is 9.47. The number of hydrogen-bond acceptors (Lipinski definition) is 9. The molecule has 0 spiro atoms. The molecular formula is C14H17ClN8O4S. The van der Waals surface area contributed by atoms with Crippen LogP contribution in [0.4, 0.5) is 11.6 Å². The summed E-state index contributed by atoms with van der Waals surface area (Å²) < 4.78 is 26.4. The maximum absolute atomic E-state index is 12.1. The molecule has 1 heterocycles. The van der Waals surface area contributed by atoms with Crippen LogP contribution in [0.1, 0.15) is 10.5 Å². The topological polar surface area (TPSA) is 209 Å². The number of rotatable bonds is 6. The Balaban J connectivity index is 1.83. The van der Waals surface area contributed by atoms with E-state index in [4.69, 9.17) is 28.5 Å². The third-order valence-electron chi connectivity index (χ3n) is 3.22. The van der Waals surface area contributed by atoms with Crippen LogP contribution >= 0.6 is 11.6 Å². The maximum atomic E-state index is 12.1. The van der Waals surface area contributed by atoms with Gasteiger partial charge in [-0.2, -0.15) is 0 Å². The van der Waals surface area contributed by atoms with Crippen molar-refractivity contribution in [3.05, 3.63) is 35.1 Å². The first-order valence-electron chi connectivity index (χ1n) is 7.61. The van der Waals surface area contributed by atoms with E-state index < -0.39 is 21.9 Å². The van der Waals surface area contributed by atoms with Gasteiger partial charge in [0.25, 0.3) is 5.91 Å². The Morgan fingerprint density at radius 1 is 1.14 bits per heavy atom. The molecule has 0 unspecified atom stereocenters. The van der Waals surface area contributed by atoms with Crippen molar-refractivity contribution in [2.45, 2.75) is 4.90 Å². The number of carbonyl (C=O) groups is 1. The molecule has 0 saturated heterocycles. The number of benzene rings is 1. The van der Waals surface area contributed by atoms with Crippen molar-refractivity contribution in [3.63, 3.8) is 0 Å². The Morgan fingerprint density at radius 2 is 1.79 bits per heavy atom. The van der Waals surface area contributed by atoms with Gasteiger partial charge in [-0.3, -0.25) is 15.5 Å². The number of carbonyl (C=O) groups excluding carboxylic acids is 1. The fourth-order valence-corrected chi connectivity index (χ4v) is 3.07. The minimum Gasteiger partial charge on any atom is -0.508 e. The van der Waals surface area contributed by atoms with Gasteiger partial charge in [0.15, 0.2) is 28.4 Å². The van der Waals surface area contributed by atoms with Crippen molar-refractivity contribution in [1.29, 1.82) is 5.41 Å². The predicted molar refractivity (Wildman–Crippen MR) is 102 cm³/mol. The number of aromatic hydroxyl groups is 1. The molecule has 1 amide bonds. The number of nitrogens with two attached hydrogens (primary N) is 2. The van der Waals surface area contributed by atoms with E-state index in [0.29, 0.717) is 0 Å². The van der Waals surface area contributed by atoms with Crippen LogP contribution in [0.25, 0.3) is 0 Å². The summed E-state index contributed by atoms with van der Waals surface area (Å²) in [7, 11) is -3.78. The van der Waals surface area contributed by atoms with Crippen LogP contribution in [-0.2, 0) is 10.0 Å². The van der Waals surface area contributed by atoms with Gasteiger partial charge in [0.2, 0.25) is 10.0 Å². The van der Waals surface area contributed by atoms with Gasteiger partial charge < -0.3 is 21.9 Å². The van der Waals surface area contributed by atoms with Crippen molar-refractivity contribution in [2.75, 3.05) is 24.6 Å². The summed E-state index contributed by atoms with van der Waals surface area (Å²) in [4.78, 5) is 19.4. The molecular weight excluding hydrogens is 412 g/mol. The third kappa shape index (κ3) is 5.42. The van der Waals surface area contributed by atoms with E-state index in [9.17, 15) is 18.3 Å². The van der Waals surface area contributed by atoms with E-state index in [1.54, 1.807) is 0 Å². The molecule has 2 rings (SSSR count). The van der Waals surface area contributed by atoms with Gasteiger partial charge in [-0.1, -0.05) is 11.6 Å². The minimum atomic E-state index is -3.78. The van der Waals surface area contributed by atoms with Crippen molar-refractivity contribution in [1.82, 2.24) is 25.3 Å². The molecule has 9 N–H and O–H groups in total. The fourth-order valence-electron chi connectivity index (χ4n) is 1.91. The van der Waals surface area contributed by atoms with Crippen LogP contribution in [0.15, 0.2) is 29.2 Å². The molecule has 150 valence electrons. The number of nitrogen functional groups attached to an aromatic ring is 2. The molecule has 28 heavy (non-hydrogen) atoms. The highest BCUT2D eigenvalue weighted by molar-refractivity contribution is 7.89. The number of hydrogen-bond donors (Lipinski definition) is 7. The largest absolute Gasteiger partial charge is 0.508 e. The number of nitrogens with zero attached hydrogens (tertiary/aromatic N) is 2. The van der Waals surface area contributed by atoms with E-state index in [1.807, 2.05) is 0 Å². The number of phenols is 1. The molecule has 2 aromatic rings. The van der Waals surface area contributed by atoms with Crippen LogP contribution in [0.3, 0.4) is 0 Å². The van der Waals surface area contributed by atoms with Crippen LogP contribution in [0.5, 0.6) is 5.75 Å². The van der Waals surface area contributed by atoms with E-state index in [2.05, 4.69) is 25.3 Å². The van der Waals surface area contributed by atoms with E-state index >= 15 is 0 Å². The highest BCUT2D eigenvalue weighted by Gasteiger charge is 2.17. The zero-order valence-corrected chi connectivity index (χ0v) is 15.8. The first-order chi connectivity index (χ1) is 13.1. The Bertz CT molecular complexity index is 997. The van der Waals surface area contributed by atoms with Crippen LogP contribution in [0, 0.1) is 5.41 Å². The number of nitrogens with one attached hydrogen (secondary N) is 4. The van der Waals surface area contributed by atoms with Gasteiger partial charge in [-0.15, -0.1) is 0 Å². The molecule has 0 saturated carbocycles. The zero-order chi connectivity index (χ0) is 20.9. The molecule has 0 fully saturated rings. The zero-order valence-electron chi connectivity index (χ0n) is 14.2.